The molecule has 0 bridgehead atoms. The van der Waals surface area contributed by atoms with Crippen LogP contribution in [0.1, 0.15) is 37.6 Å². The molecule has 0 aliphatic carbocycles. The van der Waals surface area contributed by atoms with Crippen LogP contribution in [-0.4, -0.2) is 36.9 Å². The molecule has 19 heavy (non-hydrogen) atoms. The van der Waals surface area contributed by atoms with Crippen LogP contribution in [0.15, 0.2) is 18.2 Å². The van der Waals surface area contributed by atoms with Gasteiger partial charge in [-0.05, 0) is 59.0 Å². The zero-order valence-electron chi connectivity index (χ0n) is 12.4. The van der Waals surface area contributed by atoms with E-state index in [1.807, 2.05) is 12.1 Å². The first kappa shape index (κ1) is 15.5. The molecule has 0 heterocycles. The summed E-state index contributed by atoms with van der Waals surface area (Å²) in [5.41, 5.74) is 7.94. The van der Waals surface area contributed by atoms with Crippen molar-refractivity contribution in [1.82, 2.24) is 4.90 Å². The highest BCUT2D eigenvalue weighted by atomic mass is 16.1. The Morgan fingerprint density at radius 2 is 2.11 bits per heavy atom. The number of nitrogen functional groups attached to an aromatic ring is 1. The molecule has 1 aromatic rings. The van der Waals surface area contributed by atoms with Crippen molar-refractivity contribution in [1.29, 1.82) is 0 Å². The number of rotatable bonds is 7. The van der Waals surface area contributed by atoms with E-state index >= 15 is 0 Å². The summed E-state index contributed by atoms with van der Waals surface area (Å²) in [6.45, 7) is 7.87. The second-order valence-electron chi connectivity index (χ2n) is 5.21. The lowest BCUT2D eigenvalue weighted by atomic mass is 10.1. The summed E-state index contributed by atoms with van der Waals surface area (Å²) >= 11 is 0. The molecule has 0 saturated heterocycles. The molecule has 0 fully saturated rings. The number of nitrogens with two attached hydrogens (primary N) is 1. The normalized spacial score (nSPS) is 11.1. The molecular weight excluding hydrogens is 238 g/mol. The molecule has 4 heteroatoms. The van der Waals surface area contributed by atoms with Crippen molar-refractivity contribution < 1.29 is 4.79 Å². The predicted octanol–water partition coefficient (Wildman–Crippen LogP) is 2.61. The molecule has 0 aliphatic heterocycles. The minimum atomic E-state index is 0.00241. The van der Waals surface area contributed by atoms with Gasteiger partial charge < -0.3 is 16.0 Å². The Kier molecular flexibility index (Phi) is 5.83. The van der Waals surface area contributed by atoms with Gasteiger partial charge in [0.15, 0.2) is 5.78 Å². The Balaban J connectivity index is 2.42. The van der Waals surface area contributed by atoms with E-state index in [2.05, 4.69) is 31.1 Å². The van der Waals surface area contributed by atoms with Crippen molar-refractivity contribution in [3.05, 3.63) is 23.8 Å². The van der Waals surface area contributed by atoms with Crippen molar-refractivity contribution in [2.45, 2.75) is 33.2 Å². The van der Waals surface area contributed by atoms with Crippen LogP contribution in [0.3, 0.4) is 0 Å². The van der Waals surface area contributed by atoms with E-state index in [4.69, 9.17) is 5.73 Å². The van der Waals surface area contributed by atoms with Gasteiger partial charge in [0.1, 0.15) is 0 Å². The van der Waals surface area contributed by atoms with Gasteiger partial charge in [-0.25, -0.2) is 0 Å². The maximum absolute atomic E-state index is 11.3. The highest BCUT2D eigenvalue weighted by Gasteiger charge is 2.05. The number of ketones is 1. The van der Waals surface area contributed by atoms with E-state index < -0.39 is 0 Å². The summed E-state index contributed by atoms with van der Waals surface area (Å²) in [7, 11) is 2.13. The minimum Gasteiger partial charge on any atom is -0.398 e. The lowest BCUT2D eigenvalue weighted by molar-refractivity contribution is 0.101. The lowest BCUT2D eigenvalue weighted by Crippen LogP contribution is -2.28. The SMILES string of the molecule is CC(=O)c1ccc(NCCCN(C)C(C)C)cc1N. The van der Waals surface area contributed by atoms with E-state index in [9.17, 15) is 4.79 Å². The number of carbonyl (C=O) groups is 1. The van der Waals surface area contributed by atoms with E-state index in [1.165, 1.54) is 6.92 Å². The van der Waals surface area contributed by atoms with Crippen LogP contribution in [0.2, 0.25) is 0 Å². The number of hydrogen-bond acceptors (Lipinski definition) is 4. The molecule has 0 amide bonds. The average molecular weight is 263 g/mol. The van der Waals surface area contributed by atoms with Gasteiger partial charge in [0.2, 0.25) is 0 Å². The Labute approximate surface area is 116 Å². The van der Waals surface area contributed by atoms with E-state index in [0.29, 0.717) is 17.3 Å². The van der Waals surface area contributed by atoms with Gasteiger partial charge in [0.05, 0.1) is 0 Å². The van der Waals surface area contributed by atoms with Crippen LogP contribution in [0.25, 0.3) is 0 Å². The average Bonchev–Trinajstić information content (AvgIpc) is 2.33. The second kappa shape index (κ2) is 7.14. The van der Waals surface area contributed by atoms with Gasteiger partial charge in [0.25, 0.3) is 0 Å². The zero-order chi connectivity index (χ0) is 14.4. The number of benzene rings is 1. The fourth-order valence-electron chi connectivity index (χ4n) is 1.81. The van der Waals surface area contributed by atoms with Crippen LogP contribution in [0.5, 0.6) is 0 Å². The van der Waals surface area contributed by atoms with Gasteiger partial charge in [-0.3, -0.25) is 4.79 Å². The molecule has 1 aromatic carbocycles. The van der Waals surface area contributed by atoms with E-state index in [0.717, 1.165) is 25.2 Å². The Hall–Kier alpha value is -1.55. The topological polar surface area (TPSA) is 58.4 Å². The number of carbonyl (C=O) groups excluding carboxylic acids is 1. The molecule has 0 atom stereocenters. The maximum Gasteiger partial charge on any atom is 0.161 e. The molecule has 0 radical (unpaired) electrons. The standard InChI is InChI=1S/C15H25N3O/c1-11(2)18(4)9-5-8-17-13-6-7-14(12(3)19)15(16)10-13/h6-7,10-11,17H,5,8-9,16H2,1-4H3. The summed E-state index contributed by atoms with van der Waals surface area (Å²) in [6.07, 6.45) is 1.07. The van der Waals surface area contributed by atoms with Crippen molar-refractivity contribution in [3.63, 3.8) is 0 Å². The van der Waals surface area contributed by atoms with Gasteiger partial charge >= 0.3 is 0 Å². The second-order valence-corrected chi connectivity index (χ2v) is 5.21. The maximum atomic E-state index is 11.3. The lowest BCUT2D eigenvalue weighted by Gasteiger charge is -2.20. The molecule has 1 rings (SSSR count). The highest BCUT2D eigenvalue weighted by molar-refractivity contribution is 5.99. The third-order valence-electron chi connectivity index (χ3n) is 3.33. The summed E-state index contributed by atoms with van der Waals surface area (Å²) in [6, 6.07) is 6.08. The zero-order valence-corrected chi connectivity index (χ0v) is 12.4. The highest BCUT2D eigenvalue weighted by Crippen LogP contribution is 2.18. The van der Waals surface area contributed by atoms with E-state index in [-0.39, 0.29) is 5.78 Å². The molecule has 3 N–H and O–H groups in total. The van der Waals surface area contributed by atoms with Crippen molar-refractivity contribution in [3.8, 4) is 0 Å². The van der Waals surface area contributed by atoms with Crippen LogP contribution in [0.4, 0.5) is 11.4 Å². The quantitative estimate of drug-likeness (QED) is 0.451. The minimum absolute atomic E-state index is 0.00241. The van der Waals surface area contributed by atoms with Gasteiger partial charge in [-0.1, -0.05) is 0 Å². The summed E-state index contributed by atoms with van der Waals surface area (Å²) < 4.78 is 0. The predicted molar refractivity (Wildman–Crippen MR) is 81.7 cm³/mol. The van der Waals surface area contributed by atoms with Crippen LogP contribution in [-0.2, 0) is 0 Å². The number of nitrogens with zero attached hydrogens (tertiary/aromatic N) is 1. The fourth-order valence-corrected chi connectivity index (χ4v) is 1.81. The number of anilines is 2. The Morgan fingerprint density at radius 1 is 1.42 bits per heavy atom. The van der Waals surface area contributed by atoms with Crippen molar-refractivity contribution in [2.75, 3.05) is 31.2 Å². The summed E-state index contributed by atoms with van der Waals surface area (Å²) in [5, 5.41) is 3.33. The number of nitrogens with one attached hydrogen (secondary N) is 1. The first-order valence-corrected chi connectivity index (χ1v) is 6.76. The third kappa shape index (κ3) is 4.91. The molecule has 106 valence electrons. The van der Waals surface area contributed by atoms with Crippen LogP contribution < -0.4 is 11.1 Å². The van der Waals surface area contributed by atoms with Gasteiger partial charge in [-0.15, -0.1) is 0 Å². The van der Waals surface area contributed by atoms with Crippen LogP contribution >= 0.6 is 0 Å². The number of hydrogen-bond donors (Lipinski definition) is 2. The molecular formula is C15H25N3O. The molecule has 0 aliphatic rings. The van der Waals surface area contributed by atoms with Crippen LogP contribution in [0, 0.1) is 0 Å². The largest absolute Gasteiger partial charge is 0.398 e. The first-order chi connectivity index (χ1) is 8.91. The Bertz CT molecular complexity index is 429. The monoisotopic (exact) mass is 263 g/mol. The third-order valence-corrected chi connectivity index (χ3v) is 3.33. The van der Waals surface area contributed by atoms with E-state index in [1.54, 1.807) is 6.07 Å². The fraction of sp³-hybridized carbons (Fsp3) is 0.533. The molecule has 0 unspecified atom stereocenters. The molecule has 4 nitrogen and oxygen atoms in total. The Morgan fingerprint density at radius 3 is 2.63 bits per heavy atom. The molecule has 0 aromatic heterocycles. The van der Waals surface area contributed by atoms with Crippen molar-refractivity contribution >= 4 is 17.2 Å². The molecule has 0 spiro atoms. The van der Waals surface area contributed by atoms with Crippen molar-refractivity contribution in [2.24, 2.45) is 0 Å². The smallest absolute Gasteiger partial charge is 0.161 e. The van der Waals surface area contributed by atoms with Gasteiger partial charge in [-0.2, -0.15) is 0 Å². The number of Topliss-reactive ketones (excluding diaryl/α,β-unsaturated/α-hetero) is 1. The first-order valence-electron chi connectivity index (χ1n) is 6.76. The molecule has 0 saturated carbocycles. The summed E-state index contributed by atoms with van der Waals surface area (Å²) in [4.78, 5) is 13.6. The summed E-state index contributed by atoms with van der Waals surface area (Å²) in [5.74, 6) is 0.00241. The van der Waals surface area contributed by atoms with Gasteiger partial charge in [0, 0.05) is 29.5 Å².